The van der Waals surface area contributed by atoms with Crippen LogP contribution in [0.5, 0.6) is 0 Å². The maximum absolute atomic E-state index is 12.4. The Kier molecular flexibility index (Phi) is 4.31. The van der Waals surface area contributed by atoms with Crippen LogP contribution in [0.15, 0.2) is 22.7 Å². The fourth-order valence-electron chi connectivity index (χ4n) is 1.77. The average Bonchev–Trinajstić information content (AvgIpc) is 3.15. The molecule has 1 saturated carbocycles. The van der Waals surface area contributed by atoms with Gasteiger partial charge in [0.25, 0.3) is 5.91 Å². The first-order chi connectivity index (χ1) is 8.61. The summed E-state index contributed by atoms with van der Waals surface area (Å²) in [6.07, 6.45) is 7.69. The Balaban J connectivity index is 2.20. The molecule has 1 aromatic rings. The number of hydrogen-bond acceptors (Lipinski definition) is 1. The van der Waals surface area contributed by atoms with E-state index in [1.807, 2.05) is 6.07 Å². The minimum Gasteiger partial charge on any atom is -0.327 e. The fourth-order valence-corrected chi connectivity index (χ4v) is 2.33. The molecule has 0 unspecified atom stereocenters. The van der Waals surface area contributed by atoms with Crippen molar-refractivity contribution in [1.82, 2.24) is 4.90 Å². The molecule has 1 amide bonds. The van der Waals surface area contributed by atoms with Crippen molar-refractivity contribution in [3.8, 4) is 12.3 Å². The normalized spacial score (nSPS) is 14.1. The largest absolute Gasteiger partial charge is 0.327 e. The molecule has 0 saturated heterocycles. The molecule has 1 aliphatic carbocycles. The predicted molar refractivity (Wildman–Crippen MR) is 76.6 cm³/mol. The van der Waals surface area contributed by atoms with Gasteiger partial charge in [0.05, 0.1) is 17.1 Å². The monoisotopic (exact) mass is 325 g/mol. The van der Waals surface area contributed by atoms with Crippen LogP contribution < -0.4 is 0 Å². The molecule has 2 rings (SSSR count). The van der Waals surface area contributed by atoms with E-state index in [0.717, 1.165) is 11.0 Å². The molecule has 0 N–H and O–H groups in total. The zero-order valence-corrected chi connectivity index (χ0v) is 12.2. The molecule has 1 aromatic carbocycles. The molecular formula is C14H13BrClNO. The highest BCUT2D eigenvalue weighted by atomic mass is 79.9. The number of amides is 1. The standard InChI is InChI=1S/C14H13BrClNO/c1-2-7-17(9-10-3-4-10)14(18)12-8-11(15)5-6-13(12)16/h1,5-6,8,10H,3-4,7,9H2. The van der Waals surface area contributed by atoms with Crippen molar-refractivity contribution in [2.45, 2.75) is 12.8 Å². The molecule has 0 aliphatic heterocycles. The van der Waals surface area contributed by atoms with Crippen LogP contribution in [0.1, 0.15) is 23.2 Å². The molecular weight excluding hydrogens is 314 g/mol. The van der Waals surface area contributed by atoms with Crippen molar-refractivity contribution in [2.75, 3.05) is 13.1 Å². The summed E-state index contributed by atoms with van der Waals surface area (Å²) in [5.41, 5.74) is 0.502. The molecule has 0 aromatic heterocycles. The fraction of sp³-hybridized carbons (Fsp3) is 0.357. The lowest BCUT2D eigenvalue weighted by Crippen LogP contribution is -2.33. The topological polar surface area (TPSA) is 20.3 Å². The predicted octanol–water partition coefficient (Wildman–Crippen LogP) is 3.59. The quantitative estimate of drug-likeness (QED) is 0.774. The van der Waals surface area contributed by atoms with Gasteiger partial charge >= 0.3 is 0 Å². The second-order valence-corrected chi connectivity index (χ2v) is 5.78. The number of carbonyl (C=O) groups excluding carboxylic acids is 1. The number of nitrogens with zero attached hydrogens (tertiary/aromatic N) is 1. The van der Waals surface area contributed by atoms with E-state index in [9.17, 15) is 4.79 Å². The molecule has 4 heteroatoms. The Morgan fingerprint density at radius 2 is 2.28 bits per heavy atom. The molecule has 0 radical (unpaired) electrons. The molecule has 94 valence electrons. The van der Waals surface area contributed by atoms with Crippen LogP contribution in [0.2, 0.25) is 5.02 Å². The average molecular weight is 327 g/mol. The van der Waals surface area contributed by atoms with Gasteiger partial charge in [0, 0.05) is 11.0 Å². The molecule has 1 aliphatic rings. The van der Waals surface area contributed by atoms with Crippen LogP contribution in [0, 0.1) is 18.3 Å². The van der Waals surface area contributed by atoms with Crippen LogP contribution in [-0.2, 0) is 0 Å². The van der Waals surface area contributed by atoms with Gasteiger partial charge < -0.3 is 4.90 Å². The van der Waals surface area contributed by atoms with Gasteiger partial charge in [0.1, 0.15) is 0 Å². The van der Waals surface area contributed by atoms with E-state index in [4.69, 9.17) is 18.0 Å². The van der Waals surface area contributed by atoms with Crippen molar-refractivity contribution in [3.05, 3.63) is 33.3 Å². The van der Waals surface area contributed by atoms with Crippen molar-refractivity contribution in [2.24, 2.45) is 5.92 Å². The Labute approximate surface area is 120 Å². The van der Waals surface area contributed by atoms with Crippen LogP contribution in [0.25, 0.3) is 0 Å². The number of hydrogen-bond donors (Lipinski definition) is 0. The Morgan fingerprint density at radius 1 is 1.56 bits per heavy atom. The van der Waals surface area contributed by atoms with Gasteiger partial charge in [-0.05, 0) is 37.0 Å². The van der Waals surface area contributed by atoms with Crippen molar-refractivity contribution >= 4 is 33.4 Å². The molecule has 0 heterocycles. The lowest BCUT2D eigenvalue weighted by atomic mass is 10.2. The van der Waals surface area contributed by atoms with E-state index in [1.54, 1.807) is 17.0 Å². The molecule has 0 bridgehead atoms. The highest BCUT2D eigenvalue weighted by Gasteiger charge is 2.27. The summed E-state index contributed by atoms with van der Waals surface area (Å²) in [6.45, 7) is 1.06. The second kappa shape index (κ2) is 5.77. The van der Waals surface area contributed by atoms with Crippen LogP contribution in [0.3, 0.4) is 0 Å². The summed E-state index contributed by atoms with van der Waals surface area (Å²) in [7, 11) is 0. The summed E-state index contributed by atoms with van der Waals surface area (Å²) < 4.78 is 0.835. The summed E-state index contributed by atoms with van der Waals surface area (Å²) in [6, 6.07) is 5.26. The van der Waals surface area contributed by atoms with E-state index in [1.165, 1.54) is 12.8 Å². The number of carbonyl (C=O) groups is 1. The van der Waals surface area contributed by atoms with Gasteiger partial charge in [0.15, 0.2) is 0 Å². The third-order valence-corrected chi connectivity index (χ3v) is 3.73. The van der Waals surface area contributed by atoms with E-state index in [2.05, 4.69) is 21.9 Å². The molecule has 2 nitrogen and oxygen atoms in total. The number of halogens is 2. The summed E-state index contributed by atoms with van der Waals surface area (Å²) in [4.78, 5) is 14.1. The Morgan fingerprint density at radius 3 is 2.89 bits per heavy atom. The van der Waals surface area contributed by atoms with Gasteiger partial charge in [-0.1, -0.05) is 33.5 Å². The van der Waals surface area contributed by atoms with Gasteiger partial charge in [-0.15, -0.1) is 6.42 Å². The zero-order chi connectivity index (χ0) is 13.1. The molecule has 1 fully saturated rings. The lowest BCUT2D eigenvalue weighted by molar-refractivity contribution is 0.0770. The van der Waals surface area contributed by atoms with Gasteiger partial charge in [0.2, 0.25) is 0 Å². The van der Waals surface area contributed by atoms with E-state index in [0.29, 0.717) is 23.0 Å². The maximum Gasteiger partial charge on any atom is 0.256 e. The minimum absolute atomic E-state index is 0.0915. The zero-order valence-electron chi connectivity index (χ0n) is 9.83. The van der Waals surface area contributed by atoms with Crippen molar-refractivity contribution in [3.63, 3.8) is 0 Å². The second-order valence-electron chi connectivity index (χ2n) is 4.46. The van der Waals surface area contributed by atoms with E-state index >= 15 is 0 Å². The summed E-state index contributed by atoms with van der Waals surface area (Å²) in [5, 5.41) is 0.459. The van der Waals surface area contributed by atoms with E-state index < -0.39 is 0 Å². The number of terminal acetylenes is 1. The van der Waals surface area contributed by atoms with Crippen molar-refractivity contribution in [1.29, 1.82) is 0 Å². The van der Waals surface area contributed by atoms with Crippen LogP contribution in [-0.4, -0.2) is 23.9 Å². The minimum atomic E-state index is -0.0915. The van der Waals surface area contributed by atoms with E-state index in [-0.39, 0.29) is 5.91 Å². The van der Waals surface area contributed by atoms with Crippen LogP contribution >= 0.6 is 27.5 Å². The number of rotatable bonds is 4. The first-order valence-electron chi connectivity index (χ1n) is 5.79. The summed E-state index contributed by atoms with van der Waals surface area (Å²) in [5.74, 6) is 3.05. The van der Waals surface area contributed by atoms with Crippen molar-refractivity contribution < 1.29 is 4.79 Å². The summed E-state index contributed by atoms with van der Waals surface area (Å²) >= 11 is 9.41. The first kappa shape index (κ1) is 13.5. The maximum atomic E-state index is 12.4. The van der Waals surface area contributed by atoms with Gasteiger partial charge in [-0.2, -0.15) is 0 Å². The number of benzene rings is 1. The SMILES string of the molecule is C#CCN(CC1CC1)C(=O)c1cc(Br)ccc1Cl. The first-order valence-corrected chi connectivity index (χ1v) is 6.96. The third kappa shape index (κ3) is 3.28. The molecule has 0 spiro atoms. The highest BCUT2D eigenvalue weighted by molar-refractivity contribution is 9.10. The third-order valence-electron chi connectivity index (χ3n) is 2.90. The van der Waals surface area contributed by atoms with Gasteiger partial charge in [-0.25, -0.2) is 0 Å². The Hall–Kier alpha value is -0.980. The van der Waals surface area contributed by atoms with Crippen LogP contribution in [0.4, 0.5) is 0 Å². The molecule has 0 atom stereocenters. The Bertz CT molecular complexity index is 505. The molecule has 18 heavy (non-hydrogen) atoms. The smallest absolute Gasteiger partial charge is 0.256 e. The lowest BCUT2D eigenvalue weighted by Gasteiger charge is -2.20. The highest BCUT2D eigenvalue weighted by Crippen LogP contribution is 2.31. The van der Waals surface area contributed by atoms with Gasteiger partial charge in [-0.3, -0.25) is 4.79 Å².